The molecule has 0 radical (unpaired) electrons. The normalized spacial score (nSPS) is 23.6. The predicted octanol–water partition coefficient (Wildman–Crippen LogP) is 3.36. The van der Waals surface area contributed by atoms with E-state index in [-0.39, 0.29) is 5.78 Å². The van der Waals surface area contributed by atoms with Crippen molar-refractivity contribution in [3.8, 4) is 5.75 Å². The van der Waals surface area contributed by atoms with E-state index in [1.54, 1.807) is 25.3 Å². The second-order valence-corrected chi connectivity index (χ2v) is 6.95. The molecule has 0 amide bonds. The molecule has 2 atom stereocenters. The van der Waals surface area contributed by atoms with Crippen molar-refractivity contribution in [2.24, 2.45) is 0 Å². The standard InChI is InChI=1S/C15H20ClNO2S/c1-10-11(2)20-7-6-17(10)9-14(18)12-4-5-15(19-3)13(16)8-12/h4-5,8,10-11H,6-7,9H2,1-3H3. The van der Waals surface area contributed by atoms with Crippen molar-refractivity contribution < 1.29 is 9.53 Å². The lowest BCUT2D eigenvalue weighted by Crippen LogP contribution is -2.46. The summed E-state index contributed by atoms with van der Waals surface area (Å²) in [4.78, 5) is 14.6. The van der Waals surface area contributed by atoms with Gasteiger partial charge in [-0.15, -0.1) is 0 Å². The number of benzene rings is 1. The van der Waals surface area contributed by atoms with Crippen LogP contribution in [0.3, 0.4) is 0 Å². The lowest BCUT2D eigenvalue weighted by Gasteiger charge is -2.36. The third-order valence-corrected chi connectivity index (χ3v) is 5.47. The van der Waals surface area contributed by atoms with E-state index in [1.807, 2.05) is 11.8 Å². The Hall–Kier alpha value is -0.710. The van der Waals surface area contributed by atoms with Gasteiger partial charge in [-0.3, -0.25) is 9.69 Å². The molecule has 0 bridgehead atoms. The number of ketones is 1. The average Bonchev–Trinajstić information content (AvgIpc) is 2.43. The molecule has 3 nitrogen and oxygen atoms in total. The van der Waals surface area contributed by atoms with Gasteiger partial charge in [0.05, 0.1) is 18.7 Å². The number of methoxy groups -OCH3 is 1. The Morgan fingerprint density at radius 1 is 1.50 bits per heavy atom. The Morgan fingerprint density at radius 2 is 2.25 bits per heavy atom. The maximum atomic E-state index is 12.4. The molecule has 1 saturated heterocycles. The SMILES string of the molecule is COc1ccc(C(=O)CN2CCSC(C)C2C)cc1Cl. The Kier molecular flexibility index (Phi) is 5.35. The van der Waals surface area contributed by atoms with E-state index in [1.165, 1.54) is 0 Å². The first kappa shape index (κ1) is 15.7. The smallest absolute Gasteiger partial charge is 0.176 e. The number of hydrogen-bond acceptors (Lipinski definition) is 4. The zero-order valence-corrected chi connectivity index (χ0v) is 13.6. The fourth-order valence-corrected chi connectivity index (χ4v) is 3.75. The first-order valence-electron chi connectivity index (χ1n) is 6.75. The van der Waals surface area contributed by atoms with Crippen molar-refractivity contribution in [3.05, 3.63) is 28.8 Å². The number of carbonyl (C=O) groups excluding carboxylic acids is 1. The van der Waals surface area contributed by atoms with E-state index in [0.29, 0.717) is 34.2 Å². The van der Waals surface area contributed by atoms with Gasteiger partial charge in [-0.1, -0.05) is 18.5 Å². The van der Waals surface area contributed by atoms with Gasteiger partial charge in [-0.05, 0) is 25.1 Å². The van der Waals surface area contributed by atoms with E-state index in [0.717, 1.165) is 12.3 Å². The highest BCUT2D eigenvalue weighted by Gasteiger charge is 2.26. The Bertz CT molecular complexity index is 495. The van der Waals surface area contributed by atoms with Crippen LogP contribution in [-0.4, -0.2) is 47.9 Å². The summed E-state index contributed by atoms with van der Waals surface area (Å²) in [7, 11) is 1.57. The van der Waals surface area contributed by atoms with E-state index in [4.69, 9.17) is 16.3 Å². The predicted molar refractivity (Wildman–Crippen MR) is 85.3 cm³/mol. The van der Waals surface area contributed by atoms with Crippen LogP contribution in [0.1, 0.15) is 24.2 Å². The van der Waals surface area contributed by atoms with Crippen LogP contribution in [0, 0.1) is 0 Å². The summed E-state index contributed by atoms with van der Waals surface area (Å²) >= 11 is 8.04. The molecule has 1 aliphatic heterocycles. The summed E-state index contributed by atoms with van der Waals surface area (Å²) in [6, 6.07) is 5.63. The van der Waals surface area contributed by atoms with Gasteiger partial charge in [0.1, 0.15) is 5.75 Å². The van der Waals surface area contributed by atoms with Gasteiger partial charge in [-0.25, -0.2) is 0 Å². The fraction of sp³-hybridized carbons (Fsp3) is 0.533. The van der Waals surface area contributed by atoms with Crippen LogP contribution in [0.25, 0.3) is 0 Å². The maximum Gasteiger partial charge on any atom is 0.176 e. The van der Waals surface area contributed by atoms with Gasteiger partial charge in [0.25, 0.3) is 0 Å². The van der Waals surface area contributed by atoms with Crippen molar-refractivity contribution in [2.45, 2.75) is 25.1 Å². The van der Waals surface area contributed by atoms with Crippen LogP contribution in [0.4, 0.5) is 0 Å². The van der Waals surface area contributed by atoms with Gasteiger partial charge >= 0.3 is 0 Å². The van der Waals surface area contributed by atoms with E-state index in [2.05, 4.69) is 18.7 Å². The van der Waals surface area contributed by atoms with Gasteiger partial charge in [0, 0.05) is 29.2 Å². The molecule has 0 saturated carbocycles. The average molecular weight is 314 g/mol. The molecule has 20 heavy (non-hydrogen) atoms. The molecule has 1 fully saturated rings. The number of rotatable bonds is 4. The van der Waals surface area contributed by atoms with Crippen LogP contribution in [0.2, 0.25) is 5.02 Å². The quantitative estimate of drug-likeness (QED) is 0.797. The van der Waals surface area contributed by atoms with Crippen molar-refractivity contribution in [3.63, 3.8) is 0 Å². The van der Waals surface area contributed by atoms with Crippen molar-refractivity contribution >= 4 is 29.1 Å². The Balaban J connectivity index is 2.06. The molecule has 110 valence electrons. The lowest BCUT2D eigenvalue weighted by molar-refractivity contribution is 0.0902. The fourth-order valence-electron chi connectivity index (χ4n) is 2.33. The number of Topliss-reactive ketones (excluding diaryl/α,β-unsaturated/α-hetero) is 1. The summed E-state index contributed by atoms with van der Waals surface area (Å²) in [6.45, 7) is 5.82. The number of ether oxygens (including phenoxy) is 1. The van der Waals surface area contributed by atoms with Gasteiger partial charge in [-0.2, -0.15) is 11.8 Å². The van der Waals surface area contributed by atoms with Gasteiger partial charge in [0.15, 0.2) is 5.78 Å². The topological polar surface area (TPSA) is 29.5 Å². The molecule has 0 spiro atoms. The number of carbonyl (C=O) groups is 1. The second-order valence-electron chi connectivity index (χ2n) is 5.06. The zero-order chi connectivity index (χ0) is 14.7. The highest BCUT2D eigenvalue weighted by molar-refractivity contribution is 8.00. The summed E-state index contributed by atoms with van der Waals surface area (Å²) in [5, 5.41) is 1.05. The molecule has 2 unspecified atom stereocenters. The highest BCUT2D eigenvalue weighted by Crippen LogP contribution is 2.27. The first-order chi connectivity index (χ1) is 9.52. The van der Waals surface area contributed by atoms with Crippen LogP contribution in [-0.2, 0) is 0 Å². The molecule has 0 aliphatic carbocycles. The van der Waals surface area contributed by atoms with Crippen LogP contribution < -0.4 is 4.74 Å². The third-order valence-electron chi connectivity index (χ3n) is 3.84. The van der Waals surface area contributed by atoms with Gasteiger partial charge < -0.3 is 4.74 Å². The van der Waals surface area contributed by atoms with Crippen molar-refractivity contribution in [2.75, 3.05) is 26.0 Å². The Morgan fingerprint density at radius 3 is 2.90 bits per heavy atom. The van der Waals surface area contributed by atoms with Crippen LogP contribution in [0.15, 0.2) is 18.2 Å². The molecular weight excluding hydrogens is 294 g/mol. The molecule has 0 N–H and O–H groups in total. The molecule has 1 aromatic carbocycles. The van der Waals surface area contributed by atoms with Gasteiger partial charge in [0.2, 0.25) is 0 Å². The summed E-state index contributed by atoms with van der Waals surface area (Å²) in [5.41, 5.74) is 0.647. The number of hydrogen-bond donors (Lipinski definition) is 0. The zero-order valence-electron chi connectivity index (χ0n) is 12.1. The highest BCUT2D eigenvalue weighted by atomic mass is 35.5. The molecule has 2 rings (SSSR count). The third kappa shape index (κ3) is 3.48. The van der Waals surface area contributed by atoms with E-state index >= 15 is 0 Å². The summed E-state index contributed by atoms with van der Waals surface area (Å²) in [6.07, 6.45) is 0. The number of thioether (sulfide) groups is 1. The number of halogens is 1. The largest absolute Gasteiger partial charge is 0.495 e. The minimum atomic E-state index is 0.112. The molecular formula is C15H20ClNO2S. The molecule has 0 aromatic heterocycles. The van der Waals surface area contributed by atoms with E-state index < -0.39 is 0 Å². The molecule has 1 aromatic rings. The van der Waals surface area contributed by atoms with E-state index in [9.17, 15) is 4.79 Å². The van der Waals surface area contributed by atoms with Crippen LogP contribution >= 0.6 is 23.4 Å². The summed E-state index contributed by atoms with van der Waals surface area (Å²) < 4.78 is 5.10. The lowest BCUT2D eigenvalue weighted by atomic mass is 10.1. The maximum absolute atomic E-state index is 12.4. The minimum absolute atomic E-state index is 0.112. The van der Waals surface area contributed by atoms with Crippen molar-refractivity contribution in [1.29, 1.82) is 0 Å². The molecule has 5 heteroatoms. The van der Waals surface area contributed by atoms with Crippen molar-refractivity contribution in [1.82, 2.24) is 4.90 Å². The Labute approximate surface area is 129 Å². The molecule has 1 heterocycles. The van der Waals surface area contributed by atoms with Crippen LogP contribution in [0.5, 0.6) is 5.75 Å². The summed E-state index contributed by atoms with van der Waals surface area (Å²) in [5.74, 6) is 1.79. The number of nitrogens with zero attached hydrogens (tertiary/aromatic N) is 1. The minimum Gasteiger partial charge on any atom is -0.495 e. The second kappa shape index (κ2) is 6.83. The first-order valence-corrected chi connectivity index (χ1v) is 8.18. The molecule has 1 aliphatic rings. The monoisotopic (exact) mass is 313 g/mol.